The Bertz CT molecular complexity index is 1210. The first-order valence-corrected chi connectivity index (χ1v) is 10.3. The van der Waals surface area contributed by atoms with Crippen molar-refractivity contribution >= 4 is 34.6 Å². The summed E-state index contributed by atoms with van der Waals surface area (Å²) in [7, 11) is 0. The summed E-state index contributed by atoms with van der Waals surface area (Å²) >= 11 is 0. The second kappa shape index (κ2) is 7.40. The van der Waals surface area contributed by atoms with E-state index in [0.29, 0.717) is 13.2 Å². The summed E-state index contributed by atoms with van der Waals surface area (Å²) in [5.41, 5.74) is 6.90. The number of benzene rings is 1. The first-order chi connectivity index (χ1) is 14.7. The Labute approximate surface area is 174 Å². The predicted molar refractivity (Wildman–Crippen MR) is 118 cm³/mol. The summed E-state index contributed by atoms with van der Waals surface area (Å²) in [5, 5.41) is 5.93. The van der Waals surface area contributed by atoms with Crippen molar-refractivity contribution in [3.63, 3.8) is 0 Å². The molecule has 7 nitrogen and oxygen atoms in total. The van der Waals surface area contributed by atoms with Crippen LogP contribution in [0.4, 0.5) is 10.5 Å². The lowest BCUT2D eigenvalue weighted by Gasteiger charge is -2.14. The van der Waals surface area contributed by atoms with Gasteiger partial charge in [0.05, 0.1) is 17.8 Å². The van der Waals surface area contributed by atoms with Gasteiger partial charge in [-0.3, -0.25) is 19.6 Å². The van der Waals surface area contributed by atoms with Gasteiger partial charge in [0.25, 0.3) is 0 Å². The SMILES string of the molecule is CC=NC(=CC)c1nn2c(c1-c1ccnc3cc(N4CCOC4=O)ccc13)CCC2. The molecule has 0 N–H and O–H groups in total. The van der Waals surface area contributed by atoms with Crippen molar-refractivity contribution in [3.8, 4) is 11.1 Å². The van der Waals surface area contributed by atoms with E-state index in [1.165, 1.54) is 5.69 Å². The number of fused-ring (bicyclic) bond motifs is 2. The van der Waals surface area contributed by atoms with Crippen LogP contribution >= 0.6 is 0 Å². The Morgan fingerprint density at radius 3 is 2.90 bits per heavy atom. The molecular formula is C23H23N5O2. The van der Waals surface area contributed by atoms with Crippen LogP contribution in [0.2, 0.25) is 0 Å². The van der Waals surface area contributed by atoms with E-state index in [2.05, 4.69) is 20.7 Å². The van der Waals surface area contributed by atoms with E-state index < -0.39 is 0 Å². The van der Waals surface area contributed by atoms with E-state index >= 15 is 0 Å². The molecule has 0 aliphatic carbocycles. The molecule has 2 aromatic heterocycles. The Hall–Kier alpha value is -3.48. The van der Waals surface area contributed by atoms with Crippen molar-refractivity contribution in [2.24, 2.45) is 4.99 Å². The van der Waals surface area contributed by atoms with Crippen LogP contribution < -0.4 is 4.90 Å². The van der Waals surface area contributed by atoms with E-state index in [1.807, 2.05) is 44.3 Å². The number of carbonyl (C=O) groups excluding carboxylic acids is 1. The zero-order valence-electron chi connectivity index (χ0n) is 17.1. The summed E-state index contributed by atoms with van der Waals surface area (Å²) < 4.78 is 7.19. The lowest BCUT2D eigenvalue weighted by molar-refractivity contribution is 0.181. The second-order valence-electron chi connectivity index (χ2n) is 7.38. The van der Waals surface area contributed by atoms with Crippen LogP contribution in [0, 0.1) is 0 Å². The van der Waals surface area contributed by atoms with E-state index in [9.17, 15) is 4.79 Å². The lowest BCUT2D eigenvalue weighted by Crippen LogP contribution is -2.23. The zero-order chi connectivity index (χ0) is 20.7. The highest BCUT2D eigenvalue weighted by Gasteiger charge is 2.27. The molecule has 0 bridgehead atoms. The molecule has 4 heterocycles. The van der Waals surface area contributed by atoms with Crippen LogP contribution in [0.3, 0.4) is 0 Å². The van der Waals surface area contributed by atoms with Gasteiger partial charge in [-0.2, -0.15) is 5.10 Å². The van der Waals surface area contributed by atoms with E-state index in [1.54, 1.807) is 11.1 Å². The number of anilines is 1. The smallest absolute Gasteiger partial charge is 0.414 e. The third kappa shape index (κ3) is 2.89. The maximum atomic E-state index is 12.0. The molecule has 3 aromatic rings. The number of ether oxygens (including phenoxy) is 1. The average Bonchev–Trinajstić information content (AvgIpc) is 3.47. The molecule has 30 heavy (non-hydrogen) atoms. The average molecular weight is 401 g/mol. The molecule has 0 radical (unpaired) electrons. The fourth-order valence-electron chi connectivity index (χ4n) is 4.36. The number of hydrogen-bond donors (Lipinski definition) is 0. The highest BCUT2D eigenvalue weighted by atomic mass is 16.6. The van der Waals surface area contributed by atoms with Gasteiger partial charge in [0.1, 0.15) is 12.3 Å². The number of cyclic esters (lactones) is 1. The Balaban J connectivity index is 1.69. The summed E-state index contributed by atoms with van der Waals surface area (Å²) in [5.74, 6) is 0. The number of hydrogen-bond acceptors (Lipinski definition) is 5. The number of carbonyl (C=O) groups is 1. The van der Waals surface area contributed by atoms with Gasteiger partial charge in [-0.25, -0.2) is 4.79 Å². The molecule has 1 fully saturated rings. The number of aliphatic imine (C=N–C) groups is 1. The van der Waals surface area contributed by atoms with Gasteiger partial charge < -0.3 is 4.74 Å². The second-order valence-corrected chi connectivity index (χ2v) is 7.38. The molecule has 0 spiro atoms. The number of amides is 1. The Morgan fingerprint density at radius 1 is 1.23 bits per heavy atom. The molecule has 1 saturated heterocycles. The van der Waals surface area contributed by atoms with Gasteiger partial charge in [-0.15, -0.1) is 0 Å². The number of pyridine rings is 1. The van der Waals surface area contributed by atoms with Gasteiger partial charge in [0, 0.05) is 41.3 Å². The van der Waals surface area contributed by atoms with Crippen molar-refractivity contribution in [1.82, 2.24) is 14.8 Å². The van der Waals surface area contributed by atoms with E-state index in [0.717, 1.165) is 58.5 Å². The standard InChI is InChI=1S/C23H23N5O2/c1-3-18(24-4-2)22-21(20-6-5-11-28(20)26-22)17-9-10-25-19-14-15(7-8-16(17)19)27-12-13-30-23(27)29/h3-4,7-10,14H,5-6,11-13H2,1-2H3. The third-order valence-electron chi connectivity index (χ3n) is 5.69. The molecule has 0 saturated carbocycles. The maximum absolute atomic E-state index is 12.0. The van der Waals surface area contributed by atoms with Crippen molar-refractivity contribution < 1.29 is 9.53 Å². The lowest BCUT2D eigenvalue weighted by atomic mass is 9.96. The van der Waals surface area contributed by atoms with Crippen LogP contribution in [0.5, 0.6) is 0 Å². The molecule has 2 aliphatic heterocycles. The predicted octanol–water partition coefficient (Wildman–Crippen LogP) is 4.45. The minimum Gasteiger partial charge on any atom is -0.447 e. The summed E-state index contributed by atoms with van der Waals surface area (Å²) in [4.78, 5) is 22.7. The summed E-state index contributed by atoms with van der Waals surface area (Å²) in [6.45, 7) is 5.81. The highest BCUT2D eigenvalue weighted by Crippen LogP contribution is 2.39. The van der Waals surface area contributed by atoms with Crippen LogP contribution in [0.25, 0.3) is 27.7 Å². The highest BCUT2D eigenvalue weighted by molar-refractivity contribution is 6.00. The molecule has 1 amide bonds. The third-order valence-corrected chi connectivity index (χ3v) is 5.69. The van der Waals surface area contributed by atoms with Crippen molar-refractivity contribution in [2.45, 2.75) is 33.2 Å². The number of aryl methyl sites for hydroxylation is 1. The number of aromatic nitrogens is 3. The van der Waals surface area contributed by atoms with Gasteiger partial charge in [0.15, 0.2) is 0 Å². The molecule has 1 aromatic carbocycles. The quantitative estimate of drug-likeness (QED) is 0.606. The van der Waals surface area contributed by atoms with Crippen LogP contribution in [-0.2, 0) is 17.7 Å². The Kier molecular flexibility index (Phi) is 4.58. The molecule has 152 valence electrons. The van der Waals surface area contributed by atoms with Gasteiger partial charge in [0.2, 0.25) is 0 Å². The minimum absolute atomic E-state index is 0.308. The normalized spacial score (nSPS) is 16.7. The van der Waals surface area contributed by atoms with Crippen molar-refractivity contribution in [2.75, 3.05) is 18.1 Å². The van der Waals surface area contributed by atoms with Gasteiger partial charge in [-0.05, 0) is 50.5 Å². The van der Waals surface area contributed by atoms with Crippen molar-refractivity contribution in [1.29, 1.82) is 0 Å². The fourth-order valence-corrected chi connectivity index (χ4v) is 4.36. The molecule has 0 atom stereocenters. The Morgan fingerprint density at radius 2 is 2.13 bits per heavy atom. The van der Waals surface area contributed by atoms with Crippen molar-refractivity contribution in [3.05, 3.63) is 47.9 Å². The molecule has 2 aliphatic rings. The fraction of sp³-hybridized carbons (Fsp3) is 0.304. The molecule has 0 unspecified atom stereocenters. The first kappa shape index (κ1) is 18.5. The monoisotopic (exact) mass is 401 g/mol. The zero-order valence-corrected chi connectivity index (χ0v) is 17.1. The first-order valence-electron chi connectivity index (χ1n) is 10.3. The molecular weight excluding hydrogens is 378 g/mol. The number of allylic oxidation sites excluding steroid dienone is 1. The van der Waals surface area contributed by atoms with E-state index in [-0.39, 0.29) is 6.09 Å². The topological polar surface area (TPSA) is 72.6 Å². The number of nitrogens with zero attached hydrogens (tertiary/aromatic N) is 5. The largest absolute Gasteiger partial charge is 0.447 e. The van der Waals surface area contributed by atoms with E-state index in [4.69, 9.17) is 9.84 Å². The molecule has 7 heteroatoms. The van der Waals surface area contributed by atoms with Crippen LogP contribution in [-0.4, -0.2) is 40.2 Å². The number of rotatable bonds is 4. The summed E-state index contributed by atoms with van der Waals surface area (Å²) in [6, 6.07) is 8.01. The van der Waals surface area contributed by atoms with Gasteiger partial charge >= 0.3 is 6.09 Å². The summed E-state index contributed by atoms with van der Waals surface area (Å²) in [6.07, 6.45) is 7.42. The van der Waals surface area contributed by atoms with Gasteiger partial charge in [-0.1, -0.05) is 12.1 Å². The van der Waals surface area contributed by atoms with Crippen LogP contribution in [0.15, 0.2) is 41.5 Å². The van der Waals surface area contributed by atoms with Crippen LogP contribution in [0.1, 0.15) is 31.7 Å². The maximum Gasteiger partial charge on any atom is 0.414 e. The minimum atomic E-state index is -0.308. The molecule has 5 rings (SSSR count).